The van der Waals surface area contributed by atoms with E-state index in [0.29, 0.717) is 5.56 Å². The maximum atomic E-state index is 12.8. The number of anilines is 1. The Morgan fingerprint density at radius 1 is 1.20 bits per heavy atom. The van der Waals surface area contributed by atoms with Crippen LogP contribution >= 0.6 is 11.6 Å². The van der Waals surface area contributed by atoms with Crippen molar-refractivity contribution in [3.8, 4) is 0 Å². The van der Waals surface area contributed by atoms with E-state index in [-0.39, 0.29) is 22.8 Å². The third-order valence-electron chi connectivity index (χ3n) is 3.05. The van der Waals surface area contributed by atoms with E-state index in [1.165, 1.54) is 36.4 Å². The van der Waals surface area contributed by atoms with Gasteiger partial charge in [0.25, 0.3) is 11.6 Å². The molecule has 1 amide bonds. The van der Waals surface area contributed by atoms with Gasteiger partial charge in [0.1, 0.15) is 10.8 Å². The van der Waals surface area contributed by atoms with E-state index in [0.717, 1.165) is 6.07 Å². The van der Waals surface area contributed by atoms with E-state index in [1.807, 2.05) is 0 Å². The molecule has 0 aliphatic heterocycles. The number of amides is 1. The summed E-state index contributed by atoms with van der Waals surface area (Å²) in [6.07, 6.45) is -0.111. The maximum absolute atomic E-state index is 12.8. The van der Waals surface area contributed by atoms with Gasteiger partial charge in [0, 0.05) is 11.8 Å². The van der Waals surface area contributed by atoms with Crippen molar-refractivity contribution in [3.05, 3.63) is 69.0 Å². The summed E-state index contributed by atoms with van der Waals surface area (Å²) >= 11 is 5.67. The first-order valence-corrected chi connectivity index (χ1v) is 7.37. The third-order valence-corrected chi connectivity index (χ3v) is 3.37. The number of carbonyl (C=O) groups is 2. The number of rotatable bonds is 6. The van der Waals surface area contributed by atoms with Gasteiger partial charge in [-0.2, -0.15) is 0 Å². The summed E-state index contributed by atoms with van der Waals surface area (Å²) in [6.45, 7) is -0.559. The molecule has 0 atom stereocenters. The second-order valence-corrected chi connectivity index (χ2v) is 5.34. The number of hydrogen-bond acceptors (Lipinski definition) is 5. The molecule has 0 unspecified atom stereocenters. The molecule has 2 aromatic carbocycles. The Morgan fingerprint density at radius 3 is 2.52 bits per heavy atom. The molecule has 1 N–H and O–H groups in total. The molecule has 0 saturated carbocycles. The highest BCUT2D eigenvalue weighted by atomic mass is 35.5. The molecule has 0 fully saturated rings. The molecule has 0 aliphatic carbocycles. The average molecular weight is 367 g/mol. The van der Waals surface area contributed by atoms with Crippen molar-refractivity contribution in [3.63, 3.8) is 0 Å². The van der Waals surface area contributed by atoms with Gasteiger partial charge in [0.15, 0.2) is 6.61 Å². The van der Waals surface area contributed by atoms with Crippen LogP contribution in [0.25, 0.3) is 0 Å². The highest BCUT2D eigenvalue weighted by Crippen LogP contribution is 2.27. The molecule has 0 aromatic heterocycles. The van der Waals surface area contributed by atoms with E-state index < -0.39 is 29.2 Å². The van der Waals surface area contributed by atoms with Gasteiger partial charge in [-0.05, 0) is 29.8 Å². The van der Waals surface area contributed by atoms with Gasteiger partial charge < -0.3 is 10.1 Å². The second kappa shape index (κ2) is 8.20. The number of nitro groups is 1. The summed E-state index contributed by atoms with van der Waals surface area (Å²) in [5, 5.41) is 13.1. The lowest BCUT2D eigenvalue weighted by atomic mass is 10.1. The fourth-order valence-electron chi connectivity index (χ4n) is 1.89. The molecule has 0 radical (unpaired) electrons. The zero-order valence-corrected chi connectivity index (χ0v) is 13.5. The number of halogens is 2. The van der Waals surface area contributed by atoms with Crippen LogP contribution in [0.15, 0.2) is 42.5 Å². The minimum Gasteiger partial charge on any atom is -0.455 e. The molecule has 0 heterocycles. The number of hydrogen-bond donors (Lipinski definition) is 1. The van der Waals surface area contributed by atoms with E-state index in [4.69, 9.17) is 16.3 Å². The van der Waals surface area contributed by atoms with E-state index in [2.05, 4.69) is 5.32 Å². The molecule has 7 nitrogen and oxygen atoms in total. The van der Waals surface area contributed by atoms with Gasteiger partial charge in [0.2, 0.25) is 0 Å². The topological polar surface area (TPSA) is 98.5 Å². The standard InChI is InChI=1S/C16H12ClFN2O5/c17-13-6-5-12(8-14(13)20(23)24)19-15(21)9-25-16(22)7-10-1-3-11(18)4-2-10/h1-6,8H,7,9H2,(H,19,21). The molecule has 9 heteroatoms. The molecular weight excluding hydrogens is 355 g/mol. The van der Waals surface area contributed by atoms with Crippen LogP contribution in [0.4, 0.5) is 15.8 Å². The number of ether oxygens (including phenoxy) is 1. The SMILES string of the molecule is O=C(COC(=O)Cc1ccc(F)cc1)Nc1ccc(Cl)c([N+](=O)[O-])c1. The maximum Gasteiger partial charge on any atom is 0.310 e. The lowest BCUT2D eigenvalue weighted by molar-refractivity contribution is -0.384. The Bertz CT molecular complexity index is 811. The molecular formula is C16H12ClFN2O5. The van der Waals surface area contributed by atoms with Crippen LogP contribution in [0.3, 0.4) is 0 Å². The van der Waals surface area contributed by atoms with Gasteiger partial charge in [-0.3, -0.25) is 19.7 Å². The fourth-order valence-corrected chi connectivity index (χ4v) is 2.08. The van der Waals surface area contributed by atoms with E-state index in [1.54, 1.807) is 0 Å². The first-order chi connectivity index (χ1) is 11.8. The predicted octanol–water partition coefficient (Wildman–Crippen LogP) is 3.11. The first kappa shape index (κ1) is 18.3. The average Bonchev–Trinajstić information content (AvgIpc) is 2.56. The van der Waals surface area contributed by atoms with Gasteiger partial charge in [0.05, 0.1) is 11.3 Å². The predicted molar refractivity (Wildman–Crippen MR) is 87.8 cm³/mol. The summed E-state index contributed by atoms with van der Waals surface area (Å²) in [4.78, 5) is 33.5. The van der Waals surface area contributed by atoms with Gasteiger partial charge in [-0.15, -0.1) is 0 Å². The Balaban J connectivity index is 1.86. The van der Waals surface area contributed by atoms with Crippen LogP contribution in [0.2, 0.25) is 5.02 Å². The van der Waals surface area contributed by atoms with Crippen molar-refractivity contribution in [1.82, 2.24) is 0 Å². The van der Waals surface area contributed by atoms with Gasteiger partial charge in [-0.25, -0.2) is 4.39 Å². The second-order valence-electron chi connectivity index (χ2n) is 4.94. The quantitative estimate of drug-likeness (QED) is 0.481. The summed E-state index contributed by atoms with van der Waals surface area (Å²) in [5.74, 6) is -1.75. The number of carbonyl (C=O) groups excluding carboxylic acids is 2. The van der Waals surface area contributed by atoms with Crippen molar-refractivity contribution >= 4 is 34.9 Å². The van der Waals surface area contributed by atoms with Crippen molar-refractivity contribution in [2.75, 3.05) is 11.9 Å². The highest BCUT2D eigenvalue weighted by molar-refractivity contribution is 6.32. The molecule has 0 saturated heterocycles. The minimum atomic E-state index is -0.680. The summed E-state index contributed by atoms with van der Waals surface area (Å²) in [7, 11) is 0. The lowest BCUT2D eigenvalue weighted by Crippen LogP contribution is -2.21. The molecule has 2 aromatic rings. The van der Waals surface area contributed by atoms with Crippen LogP contribution in [0.5, 0.6) is 0 Å². The molecule has 0 bridgehead atoms. The van der Waals surface area contributed by atoms with Gasteiger partial charge in [-0.1, -0.05) is 23.7 Å². The summed E-state index contributed by atoms with van der Waals surface area (Å²) in [5.41, 5.74) is 0.337. The van der Waals surface area contributed by atoms with Crippen molar-refractivity contribution in [2.45, 2.75) is 6.42 Å². The molecule has 0 spiro atoms. The Morgan fingerprint density at radius 2 is 1.88 bits per heavy atom. The number of benzene rings is 2. The molecule has 25 heavy (non-hydrogen) atoms. The number of nitro benzene ring substituents is 1. The van der Waals surface area contributed by atoms with Gasteiger partial charge >= 0.3 is 5.97 Å². The number of nitrogens with one attached hydrogen (secondary N) is 1. The van der Waals surface area contributed by atoms with Crippen LogP contribution < -0.4 is 5.32 Å². The van der Waals surface area contributed by atoms with Crippen LogP contribution in [-0.2, 0) is 20.7 Å². The monoisotopic (exact) mass is 366 g/mol. The number of esters is 1. The third kappa shape index (κ3) is 5.54. The van der Waals surface area contributed by atoms with E-state index >= 15 is 0 Å². The van der Waals surface area contributed by atoms with Crippen molar-refractivity contribution < 1.29 is 23.6 Å². The highest BCUT2D eigenvalue weighted by Gasteiger charge is 2.14. The summed E-state index contributed by atoms with van der Waals surface area (Å²) < 4.78 is 17.6. The zero-order valence-electron chi connectivity index (χ0n) is 12.7. The molecule has 130 valence electrons. The largest absolute Gasteiger partial charge is 0.455 e. The Labute approximate surface area is 146 Å². The normalized spacial score (nSPS) is 10.2. The van der Waals surface area contributed by atoms with Crippen LogP contribution in [-0.4, -0.2) is 23.4 Å². The van der Waals surface area contributed by atoms with Crippen molar-refractivity contribution in [2.24, 2.45) is 0 Å². The van der Waals surface area contributed by atoms with Crippen LogP contribution in [0, 0.1) is 15.9 Å². The van der Waals surface area contributed by atoms with Crippen molar-refractivity contribution in [1.29, 1.82) is 0 Å². The number of nitrogens with zero attached hydrogens (tertiary/aromatic N) is 1. The lowest BCUT2D eigenvalue weighted by Gasteiger charge is -2.07. The fraction of sp³-hybridized carbons (Fsp3) is 0.125. The molecule has 0 aliphatic rings. The van der Waals surface area contributed by atoms with E-state index in [9.17, 15) is 24.1 Å². The Kier molecular flexibility index (Phi) is 6.02. The zero-order chi connectivity index (χ0) is 18.4. The smallest absolute Gasteiger partial charge is 0.310 e. The minimum absolute atomic E-state index is 0.0614. The molecule has 2 rings (SSSR count). The Hall–Kier alpha value is -3.00. The first-order valence-electron chi connectivity index (χ1n) is 6.99. The summed E-state index contributed by atoms with van der Waals surface area (Å²) in [6, 6.07) is 9.04. The van der Waals surface area contributed by atoms with Crippen LogP contribution in [0.1, 0.15) is 5.56 Å².